The molecule has 0 saturated heterocycles. The predicted octanol–water partition coefficient (Wildman–Crippen LogP) is 5.10. The van der Waals surface area contributed by atoms with E-state index in [0.717, 1.165) is 11.9 Å². The lowest BCUT2D eigenvalue weighted by atomic mass is 9.97. The van der Waals surface area contributed by atoms with Gasteiger partial charge in [-0.25, -0.2) is 0 Å². The molecular weight excluding hydrogens is 242 g/mol. The molecule has 0 atom stereocenters. The first-order valence-electron chi connectivity index (χ1n) is 7.07. The van der Waals surface area contributed by atoms with Crippen LogP contribution in [0.25, 0.3) is 32.4 Å². The van der Waals surface area contributed by atoms with E-state index < -0.39 is 0 Å². The lowest BCUT2D eigenvalue weighted by Gasteiger charge is -2.11. The van der Waals surface area contributed by atoms with Crippen LogP contribution in [0, 0.1) is 0 Å². The van der Waals surface area contributed by atoms with Crippen LogP contribution in [0.5, 0.6) is 0 Å². The number of para-hydroxylation sites is 1. The number of nitrogens with zero attached hydrogens (tertiary/aromatic N) is 1. The summed E-state index contributed by atoms with van der Waals surface area (Å²) < 4.78 is 0. The van der Waals surface area contributed by atoms with E-state index in [1.54, 1.807) is 0 Å². The molecular formula is C19H15N. The summed E-state index contributed by atoms with van der Waals surface area (Å²) in [5.41, 5.74) is 2.28. The van der Waals surface area contributed by atoms with Gasteiger partial charge in [0, 0.05) is 16.5 Å². The topological polar surface area (TPSA) is 12.9 Å². The molecule has 0 radical (unpaired) electrons. The van der Waals surface area contributed by atoms with Gasteiger partial charge in [0.2, 0.25) is 0 Å². The fraction of sp³-hybridized carbons (Fsp3) is 0.105. The Morgan fingerprint density at radius 2 is 1.50 bits per heavy atom. The van der Waals surface area contributed by atoms with Crippen LogP contribution in [-0.2, 0) is 6.42 Å². The standard InChI is InChI=1S/C19H15N/c1-2-17-19-14-8-4-3-7-13(14)11-12-16(19)15-9-5-6-10-18(15)20-17/h3-12H,2H2,1H3. The Bertz CT molecular complexity index is 938. The van der Waals surface area contributed by atoms with Crippen LogP contribution in [-0.4, -0.2) is 4.98 Å². The van der Waals surface area contributed by atoms with Gasteiger partial charge in [-0.05, 0) is 28.6 Å². The molecule has 0 bridgehead atoms. The molecule has 0 aliphatic carbocycles. The van der Waals surface area contributed by atoms with Crippen LogP contribution in [0.4, 0.5) is 0 Å². The highest BCUT2D eigenvalue weighted by atomic mass is 14.7. The number of aromatic nitrogens is 1. The minimum absolute atomic E-state index is 0.954. The van der Waals surface area contributed by atoms with Gasteiger partial charge < -0.3 is 0 Å². The van der Waals surface area contributed by atoms with E-state index in [9.17, 15) is 0 Å². The van der Waals surface area contributed by atoms with Gasteiger partial charge in [0.15, 0.2) is 0 Å². The summed E-state index contributed by atoms with van der Waals surface area (Å²) in [6, 6.07) is 21.4. The summed E-state index contributed by atoms with van der Waals surface area (Å²) in [6.45, 7) is 2.18. The summed E-state index contributed by atoms with van der Waals surface area (Å²) in [7, 11) is 0. The van der Waals surface area contributed by atoms with Crippen molar-refractivity contribution in [1.29, 1.82) is 0 Å². The highest BCUT2D eigenvalue weighted by molar-refractivity contribution is 6.17. The SMILES string of the molecule is CCc1nc2ccccc2c2ccc3ccccc3c12. The smallest absolute Gasteiger partial charge is 0.0711 e. The second-order valence-electron chi connectivity index (χ2n) is 5.14. The molecule has 4 rings (SSSR count). The van der Waals surface area contributed by atoms with Crippen LogP contribution in [0.1, 0.15) is 12.6 Å². The minimum Gasteiger partial charge on any atom is -0.252 e. The summed E-state index contributed by atoms with van der Waals surface area (Å²) in [4.78, 5) is 4.87. The molecule has 0 amide bonds. The highest BCUT2D eigenvalue weighted by Gasteiger charge is 2.09. The molecule has 0 N–H and O–H groups in total. The van der Waals surface area contributed by atoms with E-state index in [2.05, 4.69) is 67.6 Å². The molecule has 4 aromatic rings. The molecule has 0 unspecified atom stereocenters. The van der Waals surface area contributed by atoms with Crippen molar-refractivity contribution < 1.29 is 0 Å². The lowest BCUT2D eigenvalue weighted by molar-refractivity contribution is 1.08. The van der Waals surface area contributed by atoms with Crippen LogP contribution >= 0.6 is 0 Å². The molecule has 0 saturated carbocycles. The Morgan fingerprint density at radius 3 is 2.35 bits per heavy atom. The van der Waals surface area contributed by atoms with Crippen molar-refractivity contribution in [3.8, 4) is 0 Å². The number of pyridine rings is 1. The molecule has 0 spiro atoms. The monoisotopic (exact) mass is 257 g/mol. The lowest BCUT2D eigenvalue weighted by Crippen LogP contribution is -1.92. The van der Waals surface area contributed by atoms with E-state index in [4.69, 9.17) is 4.98 Å². The van der Waals surface area contributed by atoms with Gasteiger partial charge in [-0.15, -0.1) is 0 Å². The normalized spacial score (nSPS) is 11.4. The number of hydrogen-bond donors (Lipinski definition) is 0. The number of benzene rings is 3. The first-order chi connectivity index (χ1) is 9.88. The number of fused-ring (bicyclic) bond motifs is 5. The predicted molar refractivity (Wildman–Crippen MR) is 86.1 cm³/mol. The summed E-state index contributed by atoms with van der Waals surface area (Å²) in [5, 5.41) is 6.45. The van der Waals surface area contributed by atoms with Gasteiger partial charge >= 0.3 is 0 Å². The van der Waals surface area contributed by atoms with E-state index in [-0.39, 0.29) is 0 Å². The van der Waals surface area contributed by atoms with Crippen LogP contribution in [0.15, 0.2) is 60.7 Å². The zero-order valence-electron chi connectivity index (χ0n) is 11.4. The van der Waals surface area contributed by atoms with Gasteiger partial charge in [0.25, 0.3) is 0 Å². The number of aryl methyl sites for hydroxylation is 1. The molecule has 3 aromatic carbocycles. The maximum Gasteiger partial charge on any atom is 0.0711 e. The number of hydrogen-bond acceptors (Lipinski definition) is 1. The molecule has 96 valence electrons. The Balaban J connectivity index is 2.33. The van der Waals surface area contributed by atoms with Crippen LogP contribution < -0.4 is 0 Å². The highest BCUT2D eigenvalue weighted by Crippen LogP contribution is 2.32. The summed E-state index contributed by atoms with van der Waals surface area (Å²) >= 11 is 0. The molecule has 0 fully saturated rings. The summed E-state index contributed by atoms with van der Waals surface area (Å²) in [6.07, 6.45) is 0.954. The first kappa shape index (κ1) is 11.4. The van der Waals surface area contributed by atoms with Gasteiger partial charge in [0.1, 0.15) is 0 Å². The van der Waals surface area contributed by atoms with E-state index in [0.29, 0.717) is 0 Å². The van der Waals surface area contributed by atoms with E-state index in [1.165, 1.54) is 32.6 Å². The van der Waals surface area contributed by atoms with Crippen molar-refractivity contribution in [3.63, 3.8) is 0 Å². The molecule has 1 aromatic heterocycles. The molecule has 1 nitrogen and oxygen atoms in total. The average molecular weight is 257 g/mol. The van der Waals surface area contributed by atoms with Gasteiger partial charge in [-0.1, -0.05) is 61.5 Å². The summed E-state index contributed by atoms with van der Waals surface area (Å²) in [5.74, 6) is 0. The van der Waals surface area contributed by atoms with Crippen molar-refractivity contribution in [2.24, 2.45) is 0 Å². The fourth-order valence-electron chi connectivity index (χ4n) is 3.06. The Labute approximate surface area is 117 Å². The first-order valence-corrected chi connectivity index (χ1v) is 7.07. The minimum atomic E-state index is 0.954. The third-order valence-corrected chi connectivity index (χ3v) is 4.00. The molecule has 20 heavy (non-hydrogen) atoms. The quantitative estimate of drug-likeness (QED) is 0.432. The largest absolute Gasteiger partial charge is 0.252 e. The Hall–Kier alpha value is -2.41. The van der Waals surface area contributed by atoms with Crippen LogP contribution in [0.3, 0.4) is 0 Å². The molecule has 0 aliphatic heterocycles. The fourth-order valence-corrected chi connectivity index (χ4v) is 3.06. The zero-order valence-corrected chi connectivity index (χ0v) is 11.4. The Morgan fingerprint density at radius 1 is 0.750 bits per heavy atom. The third-order valence-electron chi connectivity index (χ3n) is 4.00. The maximum absolute atomic E-state index is 4.87. The van der Waals surface area contributed by atoms with Crippen molar-refractivity contribution >= 4 is 32.4 Å². The van der Waals surface area contributed by atoms with Gasteiger partial charge in [-0.2, -0.15) is 0 Å². The van der Waals surface area contributed by atoms with Crippen molar-refractivity contribution in [3.05, 3.63) is 66.4 Å². The second-order valence-corrected chi connectivity index (χ2v) is 5.14. The molecule has 1 heteroatoms. The maximum atomic E-state index is 4.87. The van der Waals surface area contributed by atoms with Crippen molar-refractivity contribution in [2.45, 2.75) is 13.3 Å². The number of rotatable bonds is 1. The molecule has 1 heterocycles. The van der Waals surface area contributed by atoms with Gasteiger partial charge in [-0.3, -0.25) is 4.98 Å². The average Bonchev–Trinajstić information content (AvgIpc) is 2.53. The Kier molecular flexibility index (Phi) is 2.46. The molecule has 0 aliphatic rings. The van der Waals surface area contributed by atoms with Gasteiger partial charge in [0.05, 0.1) is 5.52 Å². The van der Waals surface area contributed by atoms with Crippen LogP contribution in [0.2, 0.25) is 0 Å². The second kappa shape index (κ2) is 4.31. The van der Waals surface area contributed by atoms with E-state index >= 15 is 0 Å². The van der Waals surface area contributed by atoms with Crippen molar-refractivity contribution in [1.82, 2.24) is 4.98 Å². The third kappa shape index (κ3) is 1.53. The van der Waals surface area contributed by atoms with E-state index in [1.807, 2.05) is 0 Å². The zero-order chi connectivity index (χ0) is 13.5. The van der Waals surface area contributed by atoms with Crippen molar-refractivity contribution in [2.75, 3.05) is 0 Å².